The van der Waals surface area contributed by atoms with E-state index in [0.29, 0.717) is 29.9 Å². The van der Waals surface area contributed by atoms with Gasteiger partial charge < -0.3 is 19.6 Å². The summed E-state index contributed by atoms with van der Waals surface area (Å²) in [5.74, 6) is 1.33. The van der Waals surface area contributed by atoms with Crippen molar-refractivity contribution in [3.05, 3.63) is 53.5 Å². The Morgan fingerprint density at radius 1 is 1.39 bits per heavy atom. The first-order valence-corrected chi connectivity index (χ1v) is 10.0. The van der Waals surface area contributed by atoms with E-state index in [1.165, 1.54) is 0 Å². The van der Waals surface area contributed by atoms with Gasteiger partial charge in [0.1, 0.15) is 5.75 Å². The van der Waals surface area contributed by atoms with Gasteiger partial charge in [0.25, 0.3) is 5.91 Å². The molecule has 1 aromatic carbocycles. The Kier molecular flexibility index (Phi) is 4.21. The minimum Gasteiger partial charge on any atom is -0.508 e. The zero-order chi connectivity index (χ0) is 19.3. The fraction of sp³-hybridized carbons (Fsp3) is 0.500. The van der Waals surface area contributed by atoms with E-state index in [1.807, 2.05) is 25.1 Å². The van der Waals surface area contributed by atoms with E-state index >= 15 is 0 Å². The van der Waals surface area contributed by atoms with Crippen molar-refractivity contribution in [2.24, 2.45) is 11.8 Å². The number of aromatic hydroxyl groups is 1. The minimum atomic E-state index is -0.145. The second-order valence-electron chi connectivity index (χ2n) is 8.51. The quantitative estimate of drug-likeness (QED) is 0.832. The molecule has 0 aliphatic carbocycles. The molecule has 1 amide bonds. The summed E-state index contributed by atoms with van der Waals surface area (Å²) in [6.07, 6.45) is 3.96. The van der Waals surface area contributed by atoms with Gasteiger partial charge in [-0.2, -0.15) is 0 Å². The van der Waals surface area contributed by atoms with Gasteiger partial charge in [-0.25, -0.2) is 0 Å². The van der Waals surface area contributed by atoms with Crippen molar-refractivity contribution in [2.45, 2.75) is 38.0 Å². The Hall–Kier alpha value is -2.31. The fourth-order valence-electron chi connectivity index (χ4n) is 5.49. The van der Waals surface area contributed by atoms with Crippen molar-refractivity contribution in [3.63, 3.8) is 0 Å². The zero-order valence-corrected chi connectivity index (χ0v) is 16.1. The summed E-state index contributed by atoms with van der Waals surface area (Å²) < 4.78 is 11.8. The van der Waals surface area contributed by atoms with E-state index in [2.05, 4.69) is 10.2 Å². The lowest BCUT2D eigenvalue weighted by molar-refractivity contribution is 0.00211. The van der Waals surface area contributed by atoms with Crippen LogP contribution in [-0.4, -0.2) is 47.3 Å². The van der Waals surface area contributed by atoms with Gasteiger partial charge in [0.05, 0.1) is 18.0 Å². The standard InChI is InChI=1S/C22H26N2O4/c1-14-6-8-27-20(14)21(26)23-10-17-18-12-24(11-15-3-2-4-16(25)9-15)13-22(18)7-5-19(17)28-22/h2-4,6,8-9,17-19,25H,5,7,10-13H2,1H3,(H,23,26)/t17-,18+,19+,22+/m0/s1. The van der Waals surface area contributed by atoms with Crippen LogP contribution >= 0.6 is 0 Å². The first kappa shape index (κ1) is 17.8. The Morgan fingerprint density at radius 2 is 2.29 bits per heavy atom. The smallest absolute Gasteiger partial charge is 0.287 e. The number of carbonyl (C=O) groups excluding carboxylic acids is 1. The van der Waals surface area contributed by atoms with Crippen LogP contribution in [-0.2, 0) is 11.3 Å². The van der Waals surface area contributed by atoms with Gasteiger partial charge in [0.2, 0.25) is 0 Å². The summed E-state index contributed by atoms with van der Waals surface area (Å²) in [6, 6.07) is 9.27. The molecule has 6 nitrogen and oxygen atoms in total. The van der Waals surface area contributed by atoms with Gasteiger partial charge in [-0.15, -0.1) is 0 Å². The summed E-state index contributed by atoms with van der Waals surface area (Å²) in [5, 5.41) is 12.8. The third kappa shape index (κ3) is 2.91. The van der Waals surface area contributed by atoms with Crippen molar-refractivity contribution in [1.82, 2.24) is 10.2 Å². The maximum absolute atomic E-state index is 12.4. The topological polar surface area (TPSA) is 74.9 Å². The number of hydrogen-bond donors (Lipinski definition) is 2. The molecule has 6 heteroatoms. The SMILES string of the molecule is Cc1ccoc1C(=O)NC[C@H]1[C@H]2CN(Cc3cccc(O)c3)C[C@]23CC[C@H]1O3. The number of hydrogen-bond acceptors (Lipinski definition) is 5. The molecule has 3 aliphatic heterocycles. The first-order valence-electron chi connectivity index (χ1n) is 10.0. The van der Waals surface area contributed by atoms with Crippen molar-refractivity contribution >= 4 is 5.91 Å². The fourth-order valence-corrected chi connectivity index (χ4v) is 5.49. The van der Waals surface area contributed by atoms with Crippen molar-refractivity contribution in [3.8, 4) is 5.75 Å². The van der Waals surface area contributed by atoms with Crippen LogP contribution in [0.2, 0.25) is 0 Å². The Labute approximate surface area is 164 Å². The number of amides is 1. The highest BCUT2D eigenvalue weighted by molar-refractivity contribution is 5.92. The molecule has 1 spiro atoms. The van der Waals surface area contributed by atoms with E-state index in [9.17, 15) is 9.90 Å². The van der Waals surface area contributed by atoms with Crippen LogP contribution in [0.15, 0.2) is 41.0 Å². The molecular weight excluding hydrogens is 356 g/mol. The number of fused-ring (bicyclic) bond motifs is 1. The van der Waals surface area contributed by atoms with Gasteiger partial charge in [0.15, 0.2) is 5.76 Å². The highest BCUT2D eigenvalue weighted by Gasteiger charge is 2.62. The van der Waals surface area contributed by atoms with E-state index < -0.39 is 0 Å². The summed E-state index contributed by atoms with van der Waals surface area (Å²) in [7, 11) is 0. The van der Waals surface area contributed by atoms with Crippen molar-refractivity contribution in [1.29, 1.82) is 0 Å². The number of ether oxygens (including phenoxy) is 1. The van der Waals surface area contributed by atoms with Crippen LogP contribution in [0.4, 0.5) is 0 Å². The number of phenols is 1. The van der Waals surface area contributed by atoms with Gasteiger partial charge in [0, 0.05) is 43.6 Å². The lowest BCUT2D eigenvalue weighted by atomic mass is 9.73. The number of benzene rings is 1. The number of nitrogens with zero attached hydrogens (tertiary/aromatic N) is 1. The average Bonchev–Trinajstić information content (AvgIpc) is 3.40. The molecule has 4 atom stereocenters. The van der Waals surface area contributed by atoms with E-state index in [4.69, 9.17) is 9.15 Å². The maximum atomic E-state index is 12.4. The van der Waals surface area contributed by atoms with Gasteiger partial charge >= 0.3 is 0 Å². The van der Waals surface area contributed by atoms with Crippen LogP contribution < -0.4 is 5.32 Å². The second kappa shape index (κ2) is 6.64. The minimum absolute atomic E-state index is 0.0719. The maximum Gasteiger partial charge on any atom is 0.287 e. The molecule has 5 rings (SSSR count). The predicted molar refractivity (Wildman–Crippen MR) is 103 cm³/mol. The molecule has 4 heterocycles. The number of rotatable bonds is 5. The van der Waals surface area contributed by atoms with Gasteiger partial charge in [-0.05, 0) is 43.5 Å². The molecule has 3 aliphatic rings. The summed E-state index contributed by atoms with van der Waals surface area (Å²) in [6.45, 7) is 5.20. The van der Waals surface area contributed by atoms with Crippen LogP contribution in [0.3, 0.4) is 0 Å². The normalized spacial score (nSPS) is 31.2. The molecule has 0 saturated carbocycles. The third-order valence-electron chi connectivity index (χ3n) is 6.74. The third-order valence-corrected chi connectivity index (χ3v) is 6.74. The number of nitrogens with one attached hydrogen (secondary N) is 1. The number of furan rings is 1. The Balaban J connectivity index is 1.26. The lowest BCUT2D eigenvalue weighted by Gasteiger charge is -2.29. The summed E-state index contributed by atoms with van der Waals surface area (Å²) in [4.78, 5) is 14.9. The number of likely N-dealkylation sites (tertiary alicyclic amines) is 1. The number of phenolic OH excluding ortho intramolecular Hbond substituents is 1. The van der Waals surface area contributed by atoms with Crippen LogP contribution in [0.1, 0.15) is 34.5 Å². The molecule has 3 saturated heterocycles. The van der Waals surface area contributed by atoms with Crippen LogP contribution in [0, 0.1) is 18.8 Å². The molecule has 28 heavy (non-hydrogen) atoms. The van der Waals surface area contributed by atoms with E-state index in [0.717, 1.165) is 43.6 Å². The average molecular weight is 382 g/mol. The molecular formula is C22H26N2O4. The highest BCUT2D eigenvalue weighted by atomic mass is 16.5. The second-order valence-corrected chi connectivity index (χ2v) is 8.51. The lowest BCUT2D eigenvalue weighted by Crippen LogP contribution is -2.41. The molecule has 148 valence electrons. The highest BCUT2D eigenvalue weighted by Crippen LogP contribution is 2.54. The van der Waals surface area contributed by atoms with E-state index in [-0.39, 0.29) is 17.6 Å². The van der Waals surface area contributed by atoms with Gasteiger partial charge in [-0.3, -0.25) is 9.69 Å². The molecule has 0 radical (unpaired) electrons. The Morgan fingerprint density at radius 3 is 3.07 bits per heavy atom. The molecule has 1 aromatic heterocycles. The molecule has 2 bridgehead atoms. The largest absolute Gasteiger partial charge is 0.508 e. The molecule has 2 aromatic rings. The summed E-state index contributed by atoms with van der Waals surface area (Å²) >= 11 is 0. The number of carbonyl (C=O) groups is 1. The van der Waals surface area contributed by atoms with E-state index in [1.54, 1.807) is 18.4 Å². The zero-order valence-electron chi connectivity index (χ0n) is 16.1. The monoisotopic (exact) mass is 382 g/mol. The molecule has 3 fully saturated rings. The van der Waals surface area contributed by atoms with Crippen molar-refractivity contribution < 1.29 is 19.1 Å². The van der Waals surface area contributed by atoms with Gasteiger partial charge in [-0.1, -0.05) is 12.1 Å². The molecule has 2 N–H and O–H groups in total. The Bertz CT molecular complexity index is 894. The van der Waals surface area contributed by atoms with Crippen LogP contribution in [0.25, 0.3) is 0 Å². The first-order chi connectivity index (χ1) is 13.5. The van der Waals surface area contributed by atoms with Crippen LogP contribution in [0.5, 0.6) is 5.75 Å². The predicted octanol–water partition coefficient (Wildman–Crippen LogP) is 2.70. The summed E-state index contributed by atoms with van der Waals surface area (Å²) in [5.41, 5.74) is 1.90. The molecule has 0 unspecified atom stereocenters. The number of aryl methyl sites for hydroxylation is 1. The van der Waals surface area contributed by atoms with Crippen molar-refractivity contribution in [2.75, 3.05) is 19.6 Å².